The van der Waals surface area contributed by atoms with E-state index in [4.69, 9.17) is 4.42 Å². The standard InChI is InChI=1S/C15H17FN2O3/c1-9-6-13(11(3)21-9)10(2)17-8-12-4-5-15(18(19)20)14(16)7-12/h4-7,10,17H,8H2,1-3H3. The predicted molar refractivity (Wildman–Crippen MR) is 76.5 cm³/mol. The third-order valence-electron chi connectivity index (χ3n) is 3.37. The van der Waals surface area contributed by atoms with Gasteiger partial charge in [-0.25, -0.2) is 0 Å². The summed E-state index contributed by atoms with van der Waals surface area (Å²) in [5, 5.41) is 13.8. The summed E-state index contributed by atoms with van der Waals surface area (Å²) in [4.78, 5) is 9.83. The second-order valence-electron chi connectivity index (χ2n) is 5.01. The van der Waals surface area contributed by atoms with E-state index >= 15 is 0 Å². The largest absolute Gasteiger partial charge is 0.466 e. The molecule has 112 valence electrons. The molecule has 1 aromatic heterocycles. The Balaban J connectivity index is 2.04. The van der Waals surface area contributed by atoms with Gasteiger partial charge in [0.05, 0.1) is 4.92 Å². The van der Waals surface area contributed by atoms with Gasteiger partial charge in [-0.15, -0.1) is 0 Å². The van der Waals surface area contributed by atoms with Gasteiger partial charge in [-0.3, -0.25) is 10.1 Å². The van der Waals surface area contributed by atoms with Crippen LogP contribution in [0.3, 0.4) is 0 Å². The van der Waals surface area contributed by atoms with E-state index in [-0.39, 0.29) is 6.04 Å². The van der Waals surface area contributed by atoms with E-state index in [2.05, 4.69) is 5.32 Å². The molecule has 1 heterocycles. The summed E-state index contributed by atoms with van der Waals surface area (Å²) in [6, 6.07) is 5.92. The second-order valence-corrected chi connectivity index (χ2v) is 5.01. The number of nitrogens with zero attached hydrogens (tertiary/aromatic N) is 1. The Morgan fingerprint density at radius 3 is 2.62 bits per heavy atom. The van der Waals surface area contributed by atoms with Crippen molar-refractivity contribution >= 4 is 5.69 Å². The number of nitro benzene ring substituents is 1. The zero-order valence-corrected chi connectivity index (χ0v) is 12.1. The van der Waals surface area contributed by atoms with Gasteiger partial charge in [0.25, 0.3) is 0 Å². The molecule has 0 bridgehead atoms. The van der Waals surface area contributed by atoms with Crippen molar-refractivity contribution in [2.24, 2.45) is 0 Å². The van der Waals surface area contributed by atoms with E-state index in [0.29, 0.717) is 12.1 Å². The van der Waals surface area contributed by atoms with Crippen molar-refractivity contribution in [3.8, 4) is 0 Å². The van der Waals surface area contributed by atoms with E-state index in [9.17, 15) is 14.5 Å². The lowest BCUT2D eigenvalue weighted by atomic mass is 10.1. The van der Waals surface area contributed by atoms with Crippen LogP contribution in [-0.2, 0) is 6.54 Å². The maximum absolute atomic E-state index is 13.5. The van der Waals surface area contributed by atoms with Crippen LogP contribution in [0.1, 0.15) is 35.6 Å². The van der Waals surface area contributed by atoms with Crippen molar-refractivity contribution in [2.45, 2.75) is 33.4 Å². The summed E-state index contributed by atoms with van der Waals surface area (Å²) in [6.45, 7) is 6.18. The Bertz CT molecular complexity index is 667. The van der Waals surface area contributed by atoms with Gasteiger partial charge < -0.3 is 9.73 Å². The normalized spacial score (nSPS) is 12.4. The summed E-state index contributed by atoms with van der Waals surface area (Å²) in [6.07, 6.45) is 0. The minimum absolute atomic E-state index is 0.0423. The Kier molecular flexibility index (Phi) is 4.37. The van der Waals surface area contributed by atoms with Crippen LogP contribution in [0, 0.1) is 29.8 Å². The van der Waals surface area contributed by atoms with Gasteiger partial charge >= 0.3 is 5.69 Å². The van der Waals surface area contributed by atoms with Crippen molar-refractivity contribution in [3.05, 3.63) is 62.8 Å². The van der Waals surface area contributed by atoms with Crippen molar-refractivity contribution < 1.29 is 13.7 Å². The highest BCUT2D eigenvalue weighted by molar-refractivity contribution is 5.35. The molecule has 0 aliphatic carbocycles. The number of nitro groups is 1. The number of aryl methyl sites for hydroxylation is 2. The molecule has 0 aliphatic rings. The molecule has 6 heteroatoms. The molecule has 0 radical (unpaired) electrons. The third-order valence-corrected chi connectivity index (χ3v) is 3.37. The highest BCUT2D eigenvalue weighted by Gasteiger charge is 2.15. The Morgan fingerprint density at radius 1 is 1.38 bits per heavy atom. The average Bonchev–Trinajstić information content (AvgIpc) is 2.74. The fourth-order valence-corrected chi connectivity index (χ4v) is 2.27. The van der Waals surface area contributed by atoms with Crippen LogP contribution < -0.4 is 5.32 Å². The molecule has 1 aromatic carbocycles. The molecule has 0 aliphatic heterocycles. The number of rotatable bonds is 5. The molecule has 0 saturated carbocycles. The maximum atomic E-state index is 13.5. The minimum Gasteiger partial charge on any atom is -0.466 e. The van der Waals surface area contributed by atoms with Gasteiger partial charge in [-0.1, -0.05) is 6.07 Å². The first-order chi connectivity index (χ1) is 9.88. The number of hydrogen-bond acceptors (Lipinski definition) is 4. The zero-order valence-electron chi connectivity index (χ0n) is 12.1. The van der Waals surface area contributed by atoms with Crippen LogP contribution in [0.15, 0.2) is 28.7 Å². The molecule has 0 fully saturated rings. The number of hydrogen-bond donors (Lipinski definition) is 1. The van der Waals surface area contributed by atoms with E-state index in [1.54, 1.807) is 6.07 Å². The quantitative estimate of drug-likeness (QED) is 0.672. The maximum Gasteiger partial charge on any atom is 0.304 e. The highest BCUT2D eigenvalue weighted by atomic mass is 19.1. The number of benzene rings is 1. The Hall–Kier alpha value is -2.21. The van der Waals surface area contributed by atoms with Crippen LogP contribution >= 0.6 is 0 Å². The molecular formula is C15H17FN2O3. The molecule has 0 spiro atoms. The molecule has 2 rings (SSSR count). The van der Waals surface area contributed by atoms with Crippen LogP contribution in [0.25, 0.3) is 0 Å². The molecule has 5 nitrogen and oxygen atoms in total. The van der Waals surface area contributed by atoms with Crippen LogP contribution in [0.4, 0.5) is 10.1 Å². The van der Waals surface area contributed by atoms with Crippen molar-refractivity contribution in [2.75, 3.05) is 0 Å². The zero-order chi connectivity index (χ0) is 15.6. The first-order valence-corrected chi connectivity index (χ1v) is 6.61. The SMILES string of the molecule is Cc1cc(C(C)NCc2ccc([N+](=O)[O-])c(F)c2)c(C)o1. The average molecular weight is 292 g/mol. The minimum atomic E-state index is -0.817. The smallest absolute Gasteiger partial charge is 0.304 e. The van der Waals surface area contributed by atoms with Crippen LogP contribution in [-0.4, -0.2) is 4.92 Å². The van der Waals surface area contributed by atoms with E-state index in [1.807, 2.05) is 26.8 Å². The topological polar surface area (TPSA) is 68.3 Å². The van der Waals surface area contributed by atoms with E-state index in [1.165, 1.54) is 12.1 Å². The Labute approximate surface area is 121 Å². The fraction of sp³-hybridized carbons (Fsp3) is 0.333. The molecule has 1 atom stereocenters. The van der Waals surface area contributed by atoms with Crippen molar-refractivity contribution in [1.82, 2.24) is 5.32 Å². The number of nitrogens with one attached hydrogen (secondary N) is 1. The summed E-state index contributed by atoms with van der Waals surface area (Å²) in [5.74, 6) is 0.877. The number of halogens is 1. The third kappa shape index (κ3) is 3.46. The van der Waals surface area contributed by atoms with Gasteiger partial charge in [-0.2, -0.15) is 4.39 Å². The predicted octanol–water partition coefficient (Wildman–Crippen LogP) is 3.79. The van der Waals surface area contributed by atoms with Gasteiger partial charge in [-0.05, 0) is 38.5 Å². The molecule has 2 aromatic rings. The Morgan fingerprint density at radius 2 is 2.10 bits per heavy atom. The van der Waals surface area contributed by atoms with Crippen molar-refractivity contribution in [3.63, 3.8) is 0 Å². The summed E-state index contributed by atoms with van der Waals surface area (Å²) < 4.78 is 19.0. The molecule has 0 amide bonds. The lowest BCUT2D eigenvalue weighted by Crippen LogP contribution is -2.18. The first kappa shape index (κ1) is 15.2. The second kappa shape index (κ2) is 6.05. The van der Waals surface area contributed by atoms with Gasteiger partial charge in [0, 0.05) is 24.2 Å². The monoisotopic (exact) mass is 292 g/mol. The highest BCUT2D eigenvalue weighted by Crippen LogP contribution is 2.22. The van der Waals surface area contributed by atoms with Gasteiger partial charge in [0.2, 0.25) is 5.82 Å². The first-order valence-electron chi connectivity index (χ1n) is 6.61. The molecule has 1 N–H and O–H groups in total. The fourth-order valence-electron chi connectivity index (χ4n) is 2.27. The number of furan rings is 1. The molecule has 21 heavy (non-hydrogen) atoms. The summed E-state index contributed by atoms with van der Waals surface area (Å²) in [5.41, 5.74) is 1.20. The van der Waals surface area contributed by atoms with E-state index in [0.717, 1.165) is 17.1 Å². The lowest BCUT2D eigenvalue weighted by molar-refractivity contribution is -0.387. The van der Waals surface area contributed by atoms with Crippen molar-refractivity contribution in [1.29, 1.82) is 0 Å². The molecule has 1 unspecified atom stereocenters. The van der Waals surface area contributed by atoms with Gasteiger partial charge in [0.1, 0.15) is 11.5 Å². The molecule has 0 saturated heterocycles. The molecular weight excluding hydrogens is 275 g/mol. The van der Waals surface area contributed by atoms with Gasteiger partial charge in [0.15, 0.2) is 0 Å². The lowest BCUT2D eigenvalue weighted by Gasteiger charge is -2.13. The van der Waals surface area contributed by atoms with Crippen LogP contribution in [0.2, 0.25) is 0 Å². The summed E-state index contributed by atoms with van der Waals surface area (Å²) >= 11 is 0. The summed E-state index contributed by atoms with van der Waals surface area (Å²) in [7, 11) is 0. The van der Waals surface area contributed by atoms with Crippen LogP contribution in [0.5, 0.6) is 0 Å². The van der Waals surface area contributed by atoms with E-state index < -0.39 is 16.4 Å².